The fourth-order valence-corrected chi connectivity index (χ4v) is 2.08. The van der Waals surface area contributed by atoms with E-state index < -0.39 is 11.8 Å². The zero-order valence-corrected chi connectivity index (χ0v) is 14.3. The van der Waals surface area contributed by atoms with Gasteiger partial charge in [0.15, 0.2) is 0 Å². The van der Waals surface area contributed by atoms with Crippen molar-refractivity contribution in [3.05, 3.63) is 42.5 Å². The fourth-order valence-electron chi connectivity index (χ4n) is 2.08. The molecule has 2 rings (SSSR count). The van der Waals surface area contributed by atoms with E-state index in [1.807, 2.05) is 6.92 Å². The summed E-state index contributed by atoms with van der Waals surface area (Å²) in [5.41, 5.74) is 0.829. The minimum Gasteiger partial charge on any atom is -0.497 e. The average Bonchev–Trinajstić information content (AvgIpc) is 2.63. The van der Waals surface area contributed by atoms with Gasteiger partial charge < -0.3 is 24.8 Å². The lowest BCUT2D eigenvalue weighted by atomic mass is 10.2. The minimum atomic E-state index is -0.819. The number of benzene rings is 2. The number of amides is 2. The molecule has 7 heteroatoms. The molecule has 0 heterocycles. The van der Waals surface area contributed by atoms with Crippen molar-refractivity contribution >= 4 is 23.2 Å². The predicted molar refractivity (Wildman–Crippen MR) is 94.4 cm³/mol. The number of nitrogens with one attached hydrogen (secondary N) is 2. The highest BCUT2D eigenvalue weighted by molar-refractivity contribution is 6.43. The molecule has 2 N–H and O–H groups in total. The molecule has 0 aliphatic carbocycles. The van der Waals surface area contributed by atoms with Gasteiger partial charge in [-0.15, -0.1) is 0 Å². The van der Waals surface area contributed by atoms with Crippen LogP contribution in [0.25, 0.3) is 0 Å². The summed E-state index contributed by atoms with van der Waals surface area (Å²) in [6, 6.07) is 11.6. The lowest BCUT2D eigenvalue weighted by Gasteiger charge is -2.12. The van der Waals surface area contributed by atoms with Crippen molar-refractivity contribution < 1.29 is 23.8 Å². The van der Waals surface area contributed by atoms with Crippen LogP contribution < -0.4 is 24.8 Å². The second-order valence-electron chi connectivity index (χ2n) is 4.93. The third-order valence-corrected chi connectivity index (χ3v) is 3.28. The molecule has 0 saturated carbocycles. The highest BCUT2D eigenvalue weighted by Crippen LogP contribution is 2.28. The summed E-state index contributed by atoms with van der Waals surface area (Å²) in [6.07, 6.45) is 0. The molecule has 0 fully saturated rings. The number of ether oxygens (including phenoxy) is 3. The Morgan fingerprint density at radius 3 is 2.12 bits per heavy atom. The maximum absolute atomic E-state index is 12.1. The third kappa shape index (κ3) is 4.87. The number of carbonyl (C=O) groups excluding carboxylic acids is 2. The third-order valence-electron chi connectivity index (χ3n) is 3.28. The number of carbonyl (C=O) groups is 2. The highest BCUT2D eigenvalue weighted by Gasteiger charge is 2.16. The van der Waals surface area contributed by atoms with Gasteiger partial charge in [0, 0.05) is 11.8 Å². The summed E-state index contributed by atoms with van der Waals surface area (Å²) < 4.78 is 15.6. The molecular weight excluding hydrogens is 324 g/mol. The molecule has 0 atom stereocenters. The Morgan fingerprint density at radius 1 is 0.880 bits per heavy atom. The molecule has 2 aromatic rings. The van der Waals surface area contributed by atoms with Crippen LogP contribution in [-0.2, 0) is 9.59 Å². The Hall–Kier alpha value is -3.22. The van der Waals surface area contributed by atoms with E-state index in [-0.39, 0.29) is 0 Å². The minimum absolute atomic E-state index is 0.341. The lowest BCUT2D eigenvalue weighted by Crippen LogP contribution is -2.29. The van der Waals surface area contributed by atoms with E-state index in [0.29, 0.717) is 35.2 Å². The van der Waals surface area contributed by atoms with Crippen molar-refractivity contribution in [1.29, 1.82) is 0 Å². The van der Waals surface area contributed by atoms with Gasteiger partial charge in [0.1, 0.15) is 17.2 Å². The smallest absolute Gasteiger partial charge is 0.314 e. The molecule has 0 saturated heterocycles. The van der Waals surface area contributed by atoms with Crippen LogP contribution in [0.3, 0.4) is 0 Å². The zero-order valence-electron chi connectivity index (χ0n) is 14.3. The first kappa shape index (κ1) is 18.1. The molecule has 25 heavy (non-hydrogen) atoms. The lowest BCUT2D eigenvalue weighted by molar-refractivity contribution is -0.133. The van der Waals surface area contributed by atoms with E-state index in [9.17, 15) is 9.59 Å². The second-order valence-corrected chi connectivity index (χ2v) is 4.93. The number of anilines is 2. The second kappa shape index (κ2) is 8.58. The van der Waals surface area contributed by atoms with E-state index >= 15 is 0 Å². The maximum Gasteiger partial charge on any atom is 0.314 e. The van der Waals surface area contributed by atoms with Crippen molar-refractivity contribution in [3.8, 4) is 17.2 Å². The fraction of sp³-hybridized carbons (Fsp3) is 0.222. The van der Waals surface area contributed by atoms with Crippen LogP contribution in [0.5, 0.6) is 17.2 Å². The largest absolute Gasteiger partial charge is 0.497 e. The van der Waals surface area contributed by atoms with Gasteiger partial charge in [-0.1, -0.05) is 0 Å². The number of rotatable bonds is 6. The molecule has 0 unspecified atom stereocenters. The Balaban J connectivity index is 2.04. The molecule has 0 spiro atoms. The number of methoxy groups -OCH3 is 2. The highest BCUT2D eigenvalue weighted by atomic mass is 16.5. The maximum atomic E-state index is 12.1. The molecule has 2 aromatic carbocycles. The van der Waals surface area contributed by atoms with E-state index in [1.54, 1.807) is 42.5 Å². The van der Waals surface area contributed by atoms with Crippen LogP contribution in [0.15, 0.2) is 42.5 Å². The molecular formula is C18H20N2O5. The molecule has 0 aromatic heterocycles. The van der Waals surface area contributed by atoms with Crippen LogP contribution >= 0.6 is 0 Å². The van der Waals surface area contributed by atoms with E-state index in [1.165, 1.54) is 14.2 Å². The summed E-state index contributed by atoms with van der Waals surface area (Å²) >= 11 is 0. The van der Waals surface area contributed by atoms with Crippen molar-refractivity contribution in [2.45, 2.75) is 6.92 Å². The van der Waals surface area contributed by atoms with Gasteiger partial charge in [-0.25, -0.2) is 0 Å². The number of hydrogen-bond acceptors (Lipinski definition) is 5. The quantitative estimate of drug-likeness (QED) is 0.787. The topological polar surface area (TPSA) is 85.9 Å². The predicted octanol–water partition coefficient (Wildman–Crippen LogP) is 2.68. The van der Waals surface area contributed by atoms with Gasteiger partial charge in [0.25, 0.3) is 0 Å². The SMILES string of the molecule is CCOc1ccc(NC(=O)C(=O)Nc2cc(OC)ccc2OC)cc1. The van der Waals surface area contributed by atoms with E-state index in [0.717, 1.165) is 0 Å². The van der Waals surface area contributed by atoms with Crippen LogP contribution in [-0.4, -0.2) is 32.6 Å². The summed E-state index contributed by atoms with van der Waals surface area (Å²) in [5.74, 6) is 0.0200. The first-order valence-corrected chi connectivity index (χ1v) is 7.64. The van der Waals surface area contributed by atoms with Gasteiger partial charge in [0.2, 0.25) is 0 Å². The van der Waals surface area contributed by atoms with E-state index in [4.69, 9.17) is 14.2 Å². The van der Waals surface area contributed by atoms with Gasteiger partial charge in [-0.3, -0.25) is 9.59 Å². The molecule has 2 amide bonds. The summed E-state index contributed by atoms with van der Waals surface area (Å²) in [7, 11) is 2.98. The molecule has 0 aliphatic heterocycles. The van der Waals surface area contributed by atoms with E-state index in [2.05, 4.69) is 10.6 Å². The van der Waals surface area contributed by atoms with Gasteiger partial charge in [0.05, 0.1) is 26.5 Å². The summed E-state index contributed by atoms with van der Waals surface area (Å²) in [5, 5.41) is 5.03. The molecule has 0 aliphatic rings. The van der Waals surface area contributed by atoms with Crippen molar-refractivity contribution in [3.63, 3.8) is 0 Å². The Bertz CT molecular complexity index is 744. The first-order chi connectivity index (χ1) is 12.1. The van der Waals surface area contributed by atoms with Crippen molar-refractivity contribution in [1.82, 2.24) is 0 Å². The average molecular weight is 344 g/mol. The van der Waals surface area contributed by atoms with Crippen LogP contribution in [0.4, 0.5) is 11.4 Å². The Morgan fingerprint density at radius 2 is 1.52 bits per heavy atom. The summed E-state index contributed by atoms with van der Waals surface area (Å²) in [6.45, 7) is 2.43. The molecule has 132 valence electrons. The normalized spacial score (nSPS) is 9.88. The summed E-state index contributed by atoms with van der Waals surface area (Å²) in [4.78, 5) is 24.2. The standard InChI is InChI=1S/C18H20N2O5/c1-4-25-13-7-5-12(6-8-13)19-17(21)18(22)20-15-11-14(23-2)9-10-16(15)24-3/h5-11H,4H2,1-3H3,(H,19,21)(H,20,22). The van der Waals surface area contributed by atoms with Crippen LogP contribution in [0, 0.1) is 0 Å². The molecule has 0 radical (unpaired) electrons. The molecule has 0 bridgehead atoms. The van der Waals surface area contributed by atoms with Crippen molar-refractivity contribution in [2.24, 2.45) is 0 Å². The first-order valence-electron chi connectivity index (χ1n) is 7.64. The van der Waals surface area contributed by atoms with Crippen molar-refractivity contribution in [2.75, 3.05) is 31.5 Å². The Kier molecular flexibility index (Phi) is 6.22. The van der Waals surface area contributed by atoms with Gasteiger partial charge >= 0.3 is 11.8 Å². The van der Waals surface area contributed by atoms with Gasteiger partial charge in [-0.2, -0.15) is 0 Å². The molecule has 7 nitrogen and oxygen atoms in total. The number of hydrogen-bond donors (Lipinski definition) is 2. The van der Waals surface area contributed by atoms with Crippen LogP contribution in [0.2, 0.25) is 0 Å². The van der Waals surface area contributed by atoms with Gasteiger partial charge in [-0.05, 0) is 43.3 Å². The Labute approximate surface area is 145 Å². The van der Waals surface area contributed by atoms with Crippen LogP contribution in [0.1, 0.15) is 6.92 Å². The monoisotopic (exact) mass is 344 g/mol. The zero-order chi connectivity index (χ0) is 18.2.